The van der Waals surface area contributed by atoms with Gasteiger partial charge < -0.3 is 25.5 Å². The predicted molar refractivity (Wildman–Crippen MR) is 112 cm³/mol. The summed E-state index contributed by atoms with van der Waals surface area (Å²) < 4.78 is 13.6. The lowest BCUT2D eigenvalue weighted by Gasteiger charge is -2.50. The van der Waals surface area contributed by atoms with Crippen LogP contribution in [0.1, 0.15) is 51.6 Å². The lowest BCUT2D eigenvalue weighted by Crippen LogP contribution is -2.76. The number of nitrogens with zero attached hydrogens (tertiary/aromatic N) is 3. The van der Waals surface area contributed by atoms with Gasteiger partial charge in [-0.1, -0.05) is 11.6 Å². The summed E-state index contributed by atoms with van der Waals surface area (Å²) in [6.07, 6.45) is 2.74. The molecule has 14 heteroatoms. The van der Waals surface area contributed by atoms with Gasteiger partial charge in [0.1, 0.15) is 11.7 Å². The van der Waals surface area contributed by atoms with Crippen LogP contribution in [0.4, 0.5) is 5.13 Å². The molecule has 1 aromatic rings. The molecule has 2 amide bonds. The number of hydrogen-bond acceptors (Lipinski definition) is 11. The second kappa shape index (κ2) is 8.98. The monoisotopic (exact) mass is 473 g/mol. The number of nitrogens with one attached hydrogen (secondary N) is 1. The van der Waals surface area contributed by atoms with E-state index in [2.05, 4.69) is 15.5 Å². The van der Waals surface area contributed by atoms with E-state index in [9.17, 15) is 19.5 Å². The molecule has 170 valence electrons. The van der Waals surface area contributed by atoms with Gasteiger partial charge in [-0.3, -0.25) is 9.59 Å². The number of hydrogen-bond donors (Lipinski definition) is 4. The fourth-order valence-corrected chi connectivity index (χ4v) is 4.44. The lowest BCUT2D eigenvalue weighted by molar-refractivity contribution is -0.214. The van der Waals surface area contributed by atoms with Gasteiger partial charge >= 0.3 is 5.97 Å². The number of carbonyl (C=O) groups is 3. The van der Waals surface area contributed by atoms with Crippen LogP contribution in [-0.2, 0) is 23.5 Å². The Labute approximate surface area is 186 Å². The average Bonchev–Trinajstić information content (AvgIpc) is 3.16. The number of hydroxylamine groups is 2. The summed E-state index contributed by atoms with van der Waals surface area (Å²) in [6.45, 7) is 3.26. The van der Waals surface area contributed by atoms with Crippen LogP contribution in [0.3, 0.4) is 0 Å². The van der Waals surface area contributed by atoms with Crippen molar-refractivity contribution in [2.45, 2.75) is 63.1 Å². The van der Waals surface area contributed by atoms with Crippen LogP contribution in [0.2, 0.25) is 0 Å². The molecule has 0 radical (unpaired) electrons. The third-order valence-corrected chi connectivity index (χ3v) is 6.29. The van der Waals surface area contributed by atoms with Gasteiger partial charge in [0.25, 0.3) is 11.8 Å². The van der Waals surface area contributed by atoms with Crippen molar-refractivity contribution in [3.8, 4) is 0 Å². The molecule has 12 nitrogen and oxygen atoms in total. The fourth-order valence-electron chi connectivity index (χ4n) is 3.56. The van der Waals surface area contributed by atoms with Crippen molar-refractivity contribution in [2.75, 3.05) is 5.73 Å². The summed E-state index contributed by atoms with van der Waals surface area (Å²) in [7, 11) is 0. The minimum Gasteiger partial charge on any atom is -0.478 e. The molecule has 1 unspecified atom stereocenters. The molecule has 2 fully saturated rings. The van der Waals surface area contributed by atoms with E-state index in [0.717, 1.165) is 22.8 Å². The Bertz CT molecular complexity index is 897. The highest BCUT2D eigenvalue weighted by Crippen LogP contribution is 2.34. The van der Waals surface area contributed by atoms with E-state index in [1.54, 1.807) is 13.8 Å². The molecular formula is C17H23N5O7S2. The Balaban J connectivity index is 1.84. The second-order valence-corrected chi connectivity index (χ2v) is 8.99. The normalized spacial score (nSPS) is 22.5. The maximum atomic E-state index is 13.0. The number of carboxylic acid groups (broad SMARTS) is 1. The van der Waals surface area contributed by atoms with Crippen molar-refractivity contribution in [3.05, 3.63) is 11.1 Å². The molecular weight excluding hydrogens is 450 g/mol. The first-order valence-corrected chi connectivity index (χ1v) is 11.0. The summed E-state index contributed by atoms with van der Waals surface area (Å²) in [5, 5.41) is 18.7. The zero-order chi connectivity index (χ0) is 22.8. The highest BCUT2D eigenvalue weighted by molar-refractivity contribution is 7.88. The summed E-state index contributed by atoms with van der Waals surface area (Å²) >= 11 is 1.09. The van der Waals surface area contributed by atoms with E-state index in [4.69, 9.17) is 19.4 Å². The molecule has 1 aromatic heterocycles. The van der Waals surface area contributed by atoms with Gasteiger partial charge in [-0.2, -0.15) is 9.35 Å². The first kappa shape index (κ1) is 23.2. The Morgan fingerprint density at radius 2 is 2.06 bits per heavy atom. The van der Waals surface area contributed by atoms with Gasteiger partial charge in [-0.25, -0.2) is 9.78 Å². The Morgan fingerprint density at radius 1 is 1.39 bits per heavy atom. The molecule has 0 aromatic carbocycles. The highest BCUT2D eigenvalue weighted by atomic mass is 32.2. The largest absolute Gasteiger partial charge is 0.478 e. The van der Waals surface area contributed by atoms with E-state index in [1.165, 1.54) is 5.38 Å². The van der Waals surface area contributed by atoms with Crippen molar-refractivity contribution in [1.29, 1.82) is 0 Å². The fraction of sp³-hybridized carbons (Fsp3) is 0.588. The first-order chi connectivity index (χ1) is 14.6. The number of rotatable bonds is 8. The molecule has 2 aliphatic rings. The van der Waals surface area contributed by atoms with Crippen LogP contribution in [0.25, 0.3) is 0 Å². The summed E-state index contributed by atoms with van der Waals surface area (Å²) in [5.74, 6) is -2.52. The standard InChI is InChI=1S/C17H23N5O7S2/c1-16(2)11(13(24)22(16)29-31-27)20-12(23)10(9-8-30-15(18)19-9)21-28-17(14(25)26)6-4-3-5-7-17/h8,11,27H,3-7H2,1-2H3,(H2,18,19)(H,20,23)(H,25,26)/b21-10-. The van der Waals surface area contributed by atoms with E-state index in [1.807, 2.05) is 0 Å². The predicted octanol–water partition coefficient (Wildman–Crippen LogP) is 1.39. The number of aliphatic carboxylic acids is 1. The number of aromatic nitrogens is 1. The smallest absolute Gasteiger partial charge is 0.350 e. The van der Waals surface area contributed by atoms with Gasteiger partial charge in [0.15, 0.2) is 23.2 Å². The van der Waals surface area contributed by atoms with Crippen LogP contribution < -0.4 is 11.1 Å². The van der Waals surface area contributed by atoms with Crippen molar-refractivity contribution in [3.63, 3.8) is 0 Å². The number of oxime groups is 1. The number of nitrogen functional groups attached to an aromatic ring is 1. The minimum atomic E-state index is -1.53. The van der Waals surface area contributed by atoms with Gasteiger partial charge in [0, 0.05) is 18.2 Å². The number of nitrogens with two attached hydrogens (primary N) is 1. The summed E-state index contributed by atoms with van der Waals surface area (Å²) in [4.78, 5) is 46.6. The van der Waals surface area contributed by atoms with Crippen LogP contribution in [-0.4, -0.2) is 60.4 Å². The molecule has 5 N–H and O–H groups in total. The number of β-lactam (4-membered cyclic amide) rings is 1. The zero-order valence-electron chi connectivity index (χ0n) is 16.9. The van der Waals surface area contributed by atoms with E-state index in [0.29, 0.717) is 12.8 Å². The Hall–Kier alpha value is -2.42. The molecule has 1 saturated carbocycles. The van der Waals surface area contributed by atoms with Gasteiger partial charge in [-0.15, -0.1) is 11.3 Å². The summed E-state index contributed by atoms with van der Waals surface area (Å²) in [5.41, 5.74) is 2.99. The maximum Gasteiger partial charge on any atom is 0.350 e. The molecule has 2 heterocycles. The van der Waals surface area contributed by atoms with E-state index < -0.39 is 35.0 Å². The molecule has 1 saturated heterocycles. The summed E-state index contributed by atoms with van der Waals surface area (Å²) in [6, 6.07) is -0.976. The van der Waals surface area contributed by atoms with Crippen molar-refractivity contribution in [2.24, 2.45) is 5.16 Å². The molecule has 1 aliphatic carbocycles. The van der Waals surface area contributed by atoms with Crippen molar-refractivity contribution in [1.82, 2.24) is 15.4 Å². The Morgan fingerprint density at radius 3 is 2.58 bits per heavy atom. The number of carbonyl (C=O) groups excluding carboxylic acids is 2. The quantitative estimate of drug-likeness (QED) is 0.187. The molecule has 0 bridgehead atoms. The van der Waals surface area contributed by atoms with Crippen molar-refractivity contribution >= 4 is 52.3 Å². The third kappa shape index (κ3) is 4.46. The van der Waals surface area contributed by atoms with Crippen LogP contribution in [0, 0.1) is 0 Å². The average molecular weight is 474 g/mol. The van der Waals surface area contributed by atoms with Gasteiger partial charge in [-0.05, 0) is 26.7 Å². The van der Waals surface area contributed by atoms with Crippen LogP contribution in [0.5, 0.6) is 0 Å². The lowest BCUT2D eigenvalue weighted by atomic mass is 9.84. The topological polar surface area (TPSA) is 177 Å². The Kier molecular flexibility index (Phi) is 6.73. The van der Waals surface area contributed by atoms with Crippen LogP contribution >= 0.6 is 23.7 Å². The maximum absolute atomic E-state index is 13.0. The highest BCUT2D eigenvalue weighted by Gasteiger charge is 2.57. The third-order valence-electron chi connectivity index (χ3n) is 5.40. The van der Waals surface area contributed by atoms with Crippen LogP contribution in [0.15, 0.2) is 10.5 Å². The molecule has 1 atom stereocenters. The SMILES string of the molecule is CC1(C)C(NC(=O)/C(=N\OC2(C(=O)O)CCCCC2)c2csc(N)n2)C(=O)N1OSO. The van der Waals surface area contributed by atoms with Gasteiger partial charge in [0.05, 0.1) is 5.54 Å². The van der Waals surface area contributed by atoms with E-state index in [-0.39, 0.29) is 41.7 Å². The van der Waals surface area contributed by atoms with Gasteiger partial charge in [0.2, 0.25) is 5.60 Å². The molecule has 3 rings (SSSR count). The second-order valence-electron chi connectivity index (χ2n) is 7.80. The molecule has 31 heavy (non-hydrogen) atoms. The minimum absolute atomic E-state index is 0.0151. The first-order valence-electron chi connectivity index (χ1n) is 9.46. The number of carboxylic acids is 1. The van der Waals surface area contributed by atoms with Crippen molar-refractivity contribution < 1.29 is 33.2 Å². The zero-order valence-corrected chi connectivity index (χ0v) is 18.5. The molecule has 0 spiro atoms. The number of anilines is 1. The number of thiazole rings is 1. The van der Waals surface area contributed by atoms with E-state index >= 15 is 0 Å². The number of amides is 2. The molecule has 1 aliphatic heterocycles.